The minimum absolute atomic E-state index is 0.114. The molecule has 2 aromatic rings. The monoisotopic (exact) mass is 480 g/mol. The Morgan fingerprint density at radius 2 is 2.03 bits per heavy atom. The van der Waals surface area contributed by atoms with Crippen LogP contribution in [0.25, 0.3) is 6.08 Å². The molecule has 0 saturated carbocycles. The summed E-state index contributed by atoms with van der Waals surface area (Å²) in [4.78, 5) is 25.9. The van der Waals surface area contributed by atoms with Gasteiger partial charge in [0.2, 0.25) is 10.0 Å². The van der Waals surface area contributed by atoms with Crippen LogP contribution in [-0.4, -0.2) is 37.2 Å². The topological polar surface area (TPSA) is 136 Å². The molecular weight excluding hydrogens is 460 g/mol. The van der Waals surface area contributed by atoms with Gasteiger partial charge in [-0.2, -0.15) is 0 Å². The number of halogens is 1. The summed E-state index contributed by atoms with van der Waals surface area (Å²) in [6.45, 7) is -0.138. The van der Waals surface area contributed by atoms with Crippen LogP contribution in [0.4, 0.5) is 0 Å². The second-order valence-electron chi connectivity index (χ2n) is 7.32. The van der Waals surface area contributed by atoms with Crippen molar-refractivity contribution >= 4 is 33.7 Å². The standard InChI is InChI=1S/C21H21ClN2O7S/c22-17-2-5-19(6-3-17)32(29,30)23-18-4-7-20-15(1-8-21(25)26)11-14(12-16(20)13-18)9-10-31-24(27)28/h1-3,5-6,8,11-12,18,23H,4,7,9-10,13H2,(H,25,26). The van der Waals surface area contributed by atoms with Crippen LogP contribution < -0.4 is 4.72 Å². The summed E-state index contributed by atoms with van der Waals surface area (Å²) < 4.78 is 28.2. The first kappa shape index (κ1) is 23.7. The molecule has 0 aliphatic heterocycles. The number of rotatable bonds is 9. The van der Waals surface area contributed by atoms with Gasteiger partial charge in [-0.25, -0.2) is 17.9 Å². The van der Waals surface area contributed by atoms with Gasteiger partial charge in [-0.05, 0) is 78.3 Å². The molecule has 0 amide bonds. The zero-order chi connectivity index (χ0) is 23.3. The van der Waals surface area contributed by atoms with Gasteiger partial charge < -0.3 is 9.94 Å². The molecule has 32 heavy (non-hydrogen) atoms. The summed E-state index contributed by atoms with van der Waals surface area (Å²) in [6, 6.07) is 9.16. The van der Waals surface area contributed by atoms with Crippen molar-refractivity contribution in [1.29, 1.82) is 0 Å². The van der Waals surface area contributed by atoms with Crippen LogP contribution in [0.2, 0.25) is 5.02 Å². The Bertz CT molecular complexity index is 1150. The van der Waals surface area contributed by atoms with E-state index < -0.39 is 21.1 Å². The summed E-state index contributed by atoms with van der Waals surface area (Å²) in [5.41, 5.74) is 3.23. The van der Waals surface area contributed by atoms with Crippen molar-refractivity contribution in [2.75, 3.05) is 6.61 Å². The lowest BCUT2D eigenvalue weighted by Gasteiger charge is -2.27. The van der Waals surface area contributed by atoms with E-state index in [-0.39, 0.29) is 24.0 Å². The highest BCUT2D eigenvalue weighted by molar-refractivity contribution is 7.89. The number of benzene rings is 2. The van der Waals surface area contributed by atoms with Crippen LogP contribution in [0.5, 0.6) is 0 Å². The molecule has 9 nitrogen and oxygen atoms in total. The van der Waals surface area contributed by atoms with E-state index in [0.717, 1.165) is 22.8 Å². The summed E-state index contributed by atoms with van der Waals surface area (Å²) >= 11 is 5.83. The zero-order valence-electron chi connectivity index (χ0n) is 16.9. The van der Waals surface area contributed by atoms with Crippen LogP contribution in [0, 0.1) is 10.1 Å². The number of carbonyl (C=O) groups is 1. The Hall–Kier alpha value is -2.95. The van der Waals surface area contributed by atoms with Gasteiger partial charge in [0.1, 0.15) is 6.61 Å². The van der Waals surface area contributed by atoms with Crippen molar-refractivity contribution in [3.8, 4) is 0 Å². The van der Waals surface area contributed by atoms with E-state index in [1.165, 1.54) is 30.3 Å². The highest BCUT2D eigenvalue weighted by atomic mass is 35.5. The molecule has 0 radical (unpaired) electrons. The fourth-order valence-electron chi connectivity index (χ4n) is 3.69. The van der Waals surface area contributed by atoms with Crippen molar-refractivity contribution in [2.45, 2.75) is 36.6 Å². The second kappa shape index (κ2) is 10.1. The molecule has 3 rings (SSSR count). The summed E-state index contributed by atoms with van der Waals surface area (Å²) in [5, 5.41) is 19.0. The zero-order valence-corrected chi connectivity index (χ0v) is 18.4. The van der Waals surface area contributed by atoms with Crippen LogP contribution >= 0.6 is 11.6 Å². The Morgan fingerprint density at radius 1 is 1.31 bits per heavy atom. The summed E-state index contributed by atoms with van der Waals surface area (Å²) in [6.07, 6.45) is 4.26. The fraction of sp³-hybridized carbons (Fsp3) is 0.286. The Kier molecular flexibility index (Phi) is 7.49. The maximum Gasteiger partial charge on any atom is 0.328 e. The molecule has 0 fully saturated rings. The largest absolute Gasteiger partial charge is 0.478 e. The quantitative estimate of drug-likeness (QED) is 0.320. The van der Waals surface area contributed by atoms with Gasteiger partial charge in [-0.3, -0.25) is 0 Å². The molecule has 0 spiro atoms. The molecule has 1 aliphatic carbocycles. The molecule has 1 aliphatic rings. The van der Waals surface area contributed by atoms with Gasteiger partial charge in [0.05, 0.1) is 4.90 Å². The van der Waals surface area contributed by atoms with Crippen molar-refractivity contribution in [3.05, 3.63) is 79.9 Å². The molecule has 1 atom stereocenters. The molecule has 2 N–H and O–H groups in total. The predicted octanol–water partition coefficient (Wildman–Crippen LogP) is 3.02. The Balaban J connectivity index is 1.83. The second-order valence-corrected chi connectivity index (χ2v) is 9.47. The van der Waals surface area contributed by atoms with E-state index >= 15 is 0 Å². The number of nitrogens with zero attached hydrogens (tertiary/aromatic N) is 1. The van der Waals surface area contributed by atoms with Crippen LogP contribution in [0.15, 0.2) is 47.4 Å². The van der Waals surface area contributed by atoms with E-state index in [1.807, 2.05) is 6.07 Å². The minimum Gasteiger partial charge on any atom is -0.478 e. The first-order chi connectivity index (χ1) is 15.1. The number of hydrogen-bond acceptors (Lipinski definition) is 6. The number of nitrogens with one attached hydrogen (secondary N) is 1. The van der Waals surface area contributed by atoms with E-state index in [9.17, 15) is 23.3 Å². The van der Waals surface area contributed by atoms with Crippen molar-refractivity contribution in [3.63, 3.8) is 0 Å². The third-order valence-corrected chi connectivity index (χ3v) is 6.87. The lowest BCUT2D eigenvalue weighted by atomic mass is 9.84. The summed E-state index contributed by atoms with van der Waals surface area (Å²) in [7, 11) is -3.74. The number of carboxylic acid groups (broad SMARTS) is 1. The normalized spacial score (nSPS) is 16.0. The third kappa shape index (κ3) is 6.28. The van der Waals surface area contributed by atoms with Crippen LogP contribution in [0.1, 0.15) is 28.7 Å². The van der Waals surface area contributed by atoms with Crippen molar-refractivity contribution in [1.82, 2.24) is 4.72 Å². The number of aliphatic carboxylic acids is 1. The van der Waals surface area contributed by atoms with E-state index in [0.29, 0.717) is 29.8 Å². The summed E-state index contributed by atoms with van der Waals surface area (Å²) in [5.74, 6) is -1.09. The van der Waals surface area contributed by atoms with E-state index in [2.05, 4.69) is 9.56 Å². The first-order valence-electron chi connectivity index (χ1n) is 9.75. The SMILES string of the molecule is O=C(O)C=Cc1cc(CCO[N+](=O)[O-])cc2c1CCC(NS(=O)(=O)c1ccc(Cl)cc1)C2. The van der Waals surface area contributed by atoms with Gasteiger partial charge in [0.25, 0.3) is 5.09 Å². The Morgan fingerprint density at radius 3 is 2.69 bits per heavy atom. The van der Waals surface area contributed by atoms with Crippen molar-refractivity contribution in [2.24, 2.45) is 0 Å². The average Bonchev–Trinajstić information content (AvgIpc) is 2.71. The van der Waals surface area contributed by atoms with Crippen LogP contribution in [0.3, 0.4) is 0 Å². The van der Waals surface area contributed by atoms with E-state index in [1.54, 1.807) is 6.07 Å². The predicted molar refractivity (Wildman–Crippen MR) is 117 cm³/mol. The van der Waals surface area contributed by atoms with Crippen molar-refractivity contribution < 1.29 is 28.2 Å². The molecule has 11 heteroatoms. The fourth-order valence-corrected chi connectivity index (χ4v) is 5.09. The Labute approximate surface area is 189 Å². The molecule has 0 bridgehead atoms. The molecule has 0 aromatic heterocycles. The highest BCUT2D eigenvalue weighted by Gasteiger charge is 2.26. The van der Waals surface area contributed by atoms with Gasteiger partial charge in [-0.15, -0.1) is 10.1 Å². The molecule has 0 saturated heterocycles. The molecule has 0 heterocycles. The van der Waals surface area contributed by atoms with Gasteiger partial charge in [-0.1, -0.05) is 23.7 Å². The van der Waals surface area contributed by atoms with E-state index in [4.69, 9.17) is 16.7 Å². The van der Waals surface area contributed by atoms with Gasteiger partial charge in [0, 0.05) is 17.1 Å². The van der Waals surface area contributed by atoms with Gasteiger partial charge in [0.15, 0.2) is 0 Å². The number of sulfonamides is 1. The minimum atomic E-state index is -3.74. The number of hydrogen-bond donors (Lipinski definition) is 2. The first-order valence-corrected chi connectivity index (χ1v) is 11.6. The third-order valence-electron chi connectivity index (χ3n) is 5.08. The number of carboxylic acids is 1. The highest BCUT2D eigenvalue weighted by Crippen LogP contribution is 2.29. The lowest BCUT2D eigenvalue weighted by Crippen LogP contribution is -2.39. The molecule has 2 aromatic carbocycles. The molecule has 170 valence electrons. The molecule has 1 unspecified atom stereocenters. The smallest absolute Gasteiger partial charge is 0.328 e. The lowest BCUT2D eigenvalue weighted by molar-refractivity contribution is -0.757. The maximum atomic E-state index is 12.7. The average molecular weight is 481 g/mol. The molecular formula is C21H21ClN2O7S. The van der Waals surface area contributed by atoms with Gasteiger partial charge >= 0.3 is 5.97 Å². The van der Waals surface area contributed by atoms with Crippen LogP contribution in [-0.2, 0) is 38.9 Å². The number of fused-ring (bicyclic) bond motifs is 1. The maximum absolute atomic E-state index is 12.7.